The molecule has 5 rings (SSSR count). The molecule has 2 aliphatic rings. The lowest BCUT2D eigenvalue weighted by atomic mass is 10.0. The summed E-state index contributed by atoms with van der Waals surface area (Å²) in [6, 6.07) is 11.8. The van der Waals surface area contributed by atoms with Gasteiger partial charge in [0.25, 0.3) is 11.8 Å². The molecule has 0 unspecified atom stereocenters. The number of hydrogen-bond acceptors (Lipinski definition) is 6. The number of morpholine rings is 1. The van der Waals surface area contributed by atoms with E-state index in [2.05, 4.69) is 31.1 Å². The van der Waals surface area contributed by atoms with Gasteiger partial charge in [-0.2, -0.15) is 5.10 Å². The summed E-state index contributed by atoms with van der Waals surface area (Å²) in [5, 5.41) is 8.79. The molecule has 184 valence electrons. The first-order valence-corrected chi connectivity index (χ1v) is 12.2. The molecule has 9 nitrogen and oxygen atoms in total. The summed E-state index contributed by atoms with van der Waals surface area (Å²) in [6.07, 6.45) is 1.35. The van der Waals surface area contributed by atoms with Crippen LogP contribution in [-0.2, 0) is 30.7 Å². The minimum Gasteiger partial charge on any atom is -0.378 e. The number of hydrogen-bond donors (Lipinski definition) is 0. The fourth-order valence-electron chi connectivity index (χ4n) is 4.71. The first-order valence-electron chi connectivity index (χ1n) is 12.2. The largest absolute Gasteiger partial charge is 0.378 e. The van der Waals surface area contributed by atoms with Crippen LogP contribution in [0, 0.1) is 5.92 Å². The summed E-state index contributed by atoms with van der Waals surface area (Å²) in [7, 11) is 0. The van der Waals surface area contributed by atoms with Gasteiger partial charge in [0.1, 0.15) is 5.76 Å². The van der Waals surface area contributed by atoms with Crippen molar-refractivity contribution in [3.05, 3.63) is 70.4 Å². The molecule has 0 aliphatic carbocycles. The smallest absolute Gasteiger partial charge is 0.276 e. The summed E-state index contributed by atoms with van der Waals surface area (Å²) in [4.78, 5) is 30.2. The zero-order chi connectivity index (χ0) is 24.4. The van der Waals surface area contributed by atoms with Gasteiger partial charge in [0.05, 0.1) is 26.3 Å². The van der Waals surface area contributed by atoms with Crippen molar-refractivity contribution in [2.75, 3.05) is 32.8 Å². The number of benzene rings is 1. The highest BCUT2D eigenvalue weighted by molar-refractivity contribution is 5.95. The molecular weight excluding hydrogens is 446 g/mol. The third-order valence-electron chi connectivity index (χ3n) is 6.48. The van der Waals surface area contributed by atoms with E-state index in [9.17, 15) is 9.59 Å². The number of carbonyl (C=O) groups is 2. The minimum atomic E-state index is -0.185. The third-order valence-corrected chi connectivity index (χ3v) is 6.48. The number of fused-ring (bicyclic) bond motifs is 1. The van der Waals surface area contributed by atoms with E-state index >= 15 is 0 Å². The van der Waals surface area contributed by atoms with Crippen LogP contribution in [0.3, 0.4) is 0 Å². The van der Waals surface area contributed by atoms with Gasteiger partial charge in [0.15, 0.2) is 11.4 Å². The molecule has 35 heavy (non-hydrogen) atoms. The van der Waals surface area contributed by atoms with Crippen molar-refractivity contribution in [3.8, 4) is 0 Å². The maximum absolute atomic E-state index is 13.5. The van der Waals surface area contributed by atoms with Crippen LogP contribution in [0.15, 0.2) is 40.9 Å². The molecule has 1 saturated heterocycles. The molecule has 1 fully saturated rings. The van der Waals surface area contributed by atoms with Crippen LogP contribution < -0.4 is 0 Å². The number of amides is 2. The number of carbonyl (C=O) groups excluding carboxylic acids is 2. The lowest BCUT2D eigenvalue weighted by Crippen LogP contribution is -2.42. The summed E-state index contributed by atoms with van der Waals surface area (Å²) in [5.41, 5.74) is 3.68. The Labute approximate surface area is 204 Å². The van der Waals surface area contributed by atoms with Crippen molar-refractivity contribution in [2.45, 2.75) is 39.8 Å². The molecule has 0 spiro atoms. The lowest BCUT2D eigenvalue weighted by molar-refractivity contribution is 0.0296. The molecule has 0 atom stereocenters. The van der Waals surface area contributed by atoms with Gasteiger partial charge in [-0.1, -0.05) is 49.3 Å². The second-order valence-corrected chi connectivity index (χ2v) is 9.57. The van der Waals surface area contributed by atoms with E-state index in [0.717, 1.165) is 23.2 Å². The van der Waals surface area contributed by atoms with Crippen molar-refractivity contribution < 1.29 is 18.8 Å². The molecule has 2 aliphatic heterocycles. The monoisotopic (exact) mass is 477 g/mol. The van der Waals surface area contributed by atoms with Crippen LogP contribution in [0.4, 0.5) is 0 Å². The van der Waals surface area contributed by atoms with Gasteiger partial charge in [-0.15, -0.1) is 0 Å². The topological polar surface area (TPSA) is 93.7 Å². The predicted molar refractivity (Wildman–Crippen MR) is 128 cm³/mol. The maximum Gasteiger partial charge on any atom is 0.276 e. The Kier molecular flexibility index (Phi) is 6.68. The quantitative estimate of drug-likeness (QED) is 0.542. The van der Waals surface area contributed by atoms with E-state index in [4.69, 9.17) is 14.4 Å². The fourth-order valence-corrected chi connectivity index (χ4v) is 4.71. The lowest BCUT2D eigenvalue weighted by Gasteiger charge is -2.29. The van der Waals surface area contributed by atoms with Crippen molar-refractivity contribution in [1.82, 2.24) is 24.7 Å². The standard InChI is InChI=1S/C26H31N5O4/c1-18(2)14-20-15-22(28-35-20)25(32)30-9-8-23-21(17-30)24(26(33)29-10-12-34-13-11-29)27-31(23)16-19-6-4-3-5-7-19/h3-7,15,18H,8-14,16-17H2,1-2H3. The molecule has 3 aromatic rings. The Bertz CT molecular complexity index is 1190. The zero-order valence-electron chi connectivity index (χ0n) is 20.3. The summed E-state index contributed by atoms with van der Waals surface area (Å²) in [6.45, 7) is 7.74. The molecule has 0 saturated carbocycles. The highest BCUT2D eigenvalue weighted by atomic mass is 16.5. The van der Waals surface area contributed by atoms with Gasteiger partial charge in [-0.05, 0) is 11.5 Å². The summed E-state index contributed by atoms with van der Waals surface area (Å²) < 4.78 is 12.7. The van der Waals surface area contributed by atoms with E-state index in [1.165, 1.54) is 0 Å². The van der Waals surface area contributed by atoms with Crippen LogP contribution >= 0.6 is 0 Å². The predicted octanol–water partition coefficient (Wildman–Crippen LogP) is 2.79. The normalized spacial score (nSPS) is 16.0. The third kappa shape index (κ3) is 5.00. The number of aromatic nitrogens is 3. The van der Waals surface area contributed by atoms with Gasteiger partial charge in [0.2, 0.25) is 0 Å². The van der Waals surface area contributed by atoms with Crippen LogP contribution in [0.1, 0.15) is 57.4 Å². The minimum absolute atomic E-state index is 0.105. The van der Waals surface area contributed by atoms with Crippen LogP contribution in [0.5, 0.6) is 0 Å². The molecule has 0 radical (unpaired) electrons. The number of rotatable bonds is 6. The summed E-state index contributed by atoms with van der Waals surface area (Å²) in [5.74, 6) is 0.828. The average molecular weight is 478 g/mol. The number of ether oxygens (including phenoxy) is 1. The van der Waals surface area contributed by atoms with Crippen molar-refractivity contribution in [2.24, 2.45) is 5.92 Å². The number of nitrogens with zero attached hydrogens (tertiary/aromatic N) is 5. The van der Waals surface area contributed by atoms with Gasteiger partial charge < -0.3 is 19.1 Å². The first-order chi connectivity index (χ1) is 17.0. The molecule has 1 aromatic carbocycles. The Balaban J connectivity index is 1.43. The van der Waals surface area contributed by atoms with E-state index in [-0.39, 0.29) is 11.8 Å². The highest BCUT2D eigenvalue weighted by Crippen LogP contribution is 2.26. The molecular formula is C26H31N5O4. The zero-order valence-corrected chi connectivity index (χ0v) is 20.3. The van der Waals surface area contributed by atoms with Gasteiger partial charge in [-0.3, -0.25) is 14.3 Å². The molecule has 0 bridgehead atoms. The molecule has 9 heteroatoms. The Morgan fingerprint density at radius 1 is 1.03 bits per heavy atom. The Morgan fingerprint density at radius 2 is 1.80 bits per heavy atom. The van der Waals surface area contributed by atoms with E-state index in [1.807, 2.05) is 22.9 Å². The van der Waals surface area contributed by atoms with Crippen molar-refractivity contribution >= 4 is 11.8 Å². The van der Waals surface area contributed by atoms with E-state index < -0.39 is 0 Å². The van der Waals surface area contributed by atoms with Crippen LogP contribution in [0.2, 0.25) is 0 Å². The fraction of sp³-hybridized carbons (Fsp3) is 0.462. The average Bonchev–Trinajstić information content (AvgIpc) is 3.48. The SMILES string of the molecule is CC(C)Cc1cc(C(=O)N2CCc3c(c(C(=O)N4CCOCC4)nn3Cc3ccccc3)C2)no1. The van der Waals surface area contributed by atoms with Crippen molar-refractivity contribution in [3.63, 3.8) is 0 Å². The summed E-state index contributed by atoms with van der Waals surface area (Å²) >= 11 is 0. The van der Waals surface area contributed by atoms with Gasteiger partial charge in [-0.25, -0.2) is 0 Å². The Hall–Kier alpha value is -3.46. The second-order valence-electron chi connectivity index (χ2n) is 9.57. The highest BCUT2D eigenvalue weighted by Gasteiger charge is 2.33. The molecule has 4 heterocycles. The van der Waals surface area contributed by atoms with E-state index in [0.29, 0.717) is 75.4 Å². The molecule has 0 N–H and O–H groups in total. The second kappa shape index (κ2) is 10.0. The van der Waals surface area contributed by atoms with Crippen LogP contribution in [-0.4, -0.2) is 69.4 Å². The molecule has 2 aromatic heterocycles. The molecule has 2 amide bonds. The maximum atomic E-state index is 13.5. The van der Waals surface area contributed by atoms with Crippen molar-refractivity contribution in [1.29, 1.82) is 0 Å². The van der Waals surface area contributed by atoms with E-state index in [1.54, 1.807) is 15.9 Å². The van der Waals surface area contributed by atoms with Gasteiger partial charge >= 0.3 is 0 Å². The first kappa shape index (κ1) is 23.3. The van der Waals surface area contributed by atoms with Crippen LogP contribution in [0.25, 0.3) is 0 Å². The van der Waals surface area contributed by atoms with Gasteiger partial charge in [0, 0.05) is 49.8 Å². The Morgan fingerprint density at radius 3 is 2.54 bits per heavy atom.